The number of nitrogens with zero attached hydrogens (tertiary/aromatic N) is 1. The van der Waals surface area contributed by atoms with E-state index < -0.39 is 0 Å². The number of benzene rings is 1. The van der Waals surface area contributed by atoms with Crippen LogP contribution in [0.15, 0.2) is 29.4 Å². The van der Waals surface area contributed by atoms with Gasteiger partial charge in [0.25, 0.3) is 0 Å². The summed E-state index contributed by atoms with van der Waals surface area (Å²) in [5.41, 5.74) is 4.08. The molecule has 0 bridgehead atoms. The maximum Gasteiger partial charge on any atom is 0.240 e. The van der Waals surface area contributed by atoms with Crippen LogP contribution in [0.1, 0.15) is 18.4 Å². The van der Waals surface area contributed by atoms with E-state index in [1.165, 1.54) is 7.11 Å². The molecule has 0 radical (unpaired) electrons. The number of carbonyl (C=O) groups excluding carboxylic acids is 1. The fourth-order valence-corrected chi connectivity index (χ4v) is 1.61. The van der Waals surface area contributed by atoms with Gasteiger partial charge in [0, 0.05) is 12.8 Å². The fraction of sp³-hybridized carbons (Fsp3) is 0.231. The summed E-state index contributed by atoms with van der Waals surface area (Å²) in [4.78, 5) is 10.9. The number of hydrogen-bond acceptors (Lipinski definition) is 4. The quantitative estimate of drug-likeness (QED) is 0.852. The van der Waals surface area contributed by atoms with Crippen molar-refractivity contribution in [2.45, 2.75) is 12.8 Å². The molecule has 94 valence electrons. The van der Waals surface area contributed by atoms with Crippen LogP contribution < -0.4 is 10.2 Å². The first-order valence-corrected chi connectivity index (χ1v) is 5.59. The van der Waals surface area contributed by atoms with Gasteiger partial charge in [-0.05, 0) is 23.8 Å². The topological polar surface area (TPSA) is 70.9 Å². The molecule has 0 fully saturated rings. The number of amides is 1. The number of aromatic hydroxyl groups is 1. The van der Waals surface area contributed by atoms with Crippen molar-refractivity contribution in [3.63, 3.8) is 0 Å². The maximum absolute atomic E-state index is 10.9. The van der Waals surface area contributed by atoms with Crippen LogP contribution in [0.5, 0.6) is 11.5 Å². The van der Waals surface area contributed by atoms with Gasteiger partial charge >= 0.3 is 0 Å². The molecule has 18 heavy (non-hydrogen) atoms. The summed E-state index contributed by atoms with van der Waals surface area (Å²) in [6, 6.07) is 5.13. The van der Waals surface area contributed by atoms with Gasteiger partial charge < -0.3 is 9.84 Å². The summed E-state index contributed by atoms with van der Waals surface area (Å²) in [5, 5.41) is 13.5. The van der Waals surface area contributed by atoms with E-state index in [-0.39, 0.29) is 11.7 Å². The molecule has 1 aliphatic heterocycles. The number of phenols is 1. The van der Waals surface area contributed by atoms with Crippen molar-refractivity contribution in [1.29, 1.82) is 0 Å². The first-order chi connectivity index (χ1) is 8.69. The Morgan fingerprint density at radius 1 is 1.39 bits per heavy atom. The molecule has 5 nitrogen and oxygen atoms in total. The Labute approximate surface area is 105 Å². The molecule has 1 aromatic carbocycles. The molecule has 0 atom stereocenters. The lowest BCUT2D eigenvalue weighted by atomic mass is 10.1. The molecule has 1 amide bonds. The zero-order valence-electron chi connectivity index (χ0n) is 10.0. The Morgan fingerprint density at radius 3 is 2.83 bits per heavy atom. The van der Waals surface area contributed by atoms with E-state index >= 15 is 0 Å². The normalized spacial score (nSPS) is 15.4. The number of allylic oxidation sites excluding steroid dienone is 1. The highest BCUT2D eigenvalue weighted by Gasteiger charge is 2.08. The standard InChI is InChI=1S/C13H14N2O3/c1-18-12-6-3-9(8-11(12)16)2-4-10-5-7-13(17)15-14-10/h2-4,6,8,16H,5,7H2,1H3,(H,15,17). The van der Waals surface area contributed by atoms with Gasteiger partial charge in [-0.15, -0.1) is 0 Å². The van der Waals surface area contributed by atoms with Gasteiger partial charge in [-0.1, -0.05) is 12.1 Å². The van der Waals surface area contributed by atoms with Gasteiger partial charge in [0.1, 0.15) is 0 Å². The van der Waals surface area contributed by atoms with E-state index in [1.54, 1.807) is 12.1 Å². The van der Waals surface area contributed by atoms with Crippen LogP contribution >= 0.6 is 0 Å². The van der Waals surface area contributed by atoms with E-state index in [0.717, 1.165) is 11.3 Å². The molecule has 2 rings (SSSR count). The minimum Gasteiger partial charge on any atom is -0.504 e. The summed E-state index contributed by atoms with van der Waals surface area (Å²) < 4.78 is 4.96. The number of hydrogen-bond donors (Lipinski definition) is 2. The van der Waals surface area contributed by atoms with Crippen molar-refractivity contribution >= 4 is 17.7 Å². The van der Waals surface area contributed by atoms with E-state index in [0.29, 0.717) is 18.6 Å². The van der Waals surface area contributed by atoms with Crippen molar-refractivity contribution < 1.29 is 14.6 Å². The second-order valence-electron chi connectivity index (χ2n) is 3.90. The van der Waals surface area contributed by atoms with Gasteiger partial charge in [-0.2, -0.15) is 5.10 Å². The fourth-order valence-electron chi connectivity index (χ4n) is 1.61. The molecule has 5 heteroatoms. The molecule has 1 aromatic rings. The molecule has 2 N–H and O–H groups in total. The summed E-state index contributed by atoms with van der Waals surface area (Å²) in [5.74, 6) is 0.474. The van der Waals surface area contributed by atoms with Crippen molar-refractivity contribution in [2.75, 3.05) is 7.11 Å². The van der Waals surface area contributed by atoms with E-state index in [1.807, 2.05) is 18.2 Å². The number of phenolic OH excluding ortho intramolecular Hbond substituents is 1. The molecule has 1 aliphatic rings. The van der Waals surface area contributed by atoms with Crippen LogP contribution in [-0.4, -0.2) is 23.8 Å². The summed E-state index contributed by atoms with van der Waals surface area (Å²) in [7, 11) is 1.50. The number of rotatable bonds is 3. The molecule has 0 spiro atoms. The minimum absolute atomic E-state index is 0.0609. The summed E-state index contributed by atoms with van der Waals surface area (Å²) >= 11 is 0. The zero-order valence-corrected chi connectivity index (χ0v) is 10.0. The number of methoxy groups -OCH3 is 1. The van der Waals surface area contributed by atoms with Crippen molar-refractivity contribution in [2.24, 2.45) is 5.10 Å². The Bertz CT molecular complexity index is 521. The Kier molecular flexibility index (Phi) is 3.62. The predicted molar refractivity (Wildman–Crippen MR) is 68.5 cm³/mol. The molecular weight excluding hydrogens is 232 g/mol. The minimum atomic E-state index is -0.0609. The third-order valence-corrected chi connectivity index (χ3v) is 2.60. The summed E-state index contributed by atoms with van der Waals surface area (Å²) in [6.07, 6.45) is 4.73. The third kappa shape index (κ3) is 2.88. The smallest absolute Gasteiger partial charge is 0.240 e. The predicted octanol–water partition coefficient (Wildman–Crippen LogP) is 1.68. The van der Waals surface area contributed by atoms with E-state index in [4.69, 9.17) is 4.74 Å². The Morgan fingerprint density at radius 2 is 2.22 bits per heavy atom. The first kappa shape index (κ1) is 12.2. The molecule has 0 aromatic heterocycles. The molecule has 1 heterocycles. The van der Waals surface area contributed by atoms with Crippen LogP contribution in [-0.2, 0) is 4.79 Å². The van der Waals surface area contributed by atoms with Crippen LogP contribution in [0.25, 0.3) is 6.08 Å². The SMILES string of the molecule is COc1ccc(C=CC2=NNC(=O)CC2)cc1O. The van der Waals surface area contributed by atoms with Crippen LogP contribution in [0.2, 0.25) is 0 Å². The van der Waals surface area contributed by atoms with Gasteiger partial charge in [-0.25, -0.2) is 5.43 Å². The highest BCUT2D eigenvalue weighted by Crippen LogP contribution is 2.26. The van der Waals surface area contributed by atoms with E-state index in [2.05, 4.69) is 10.5 Å². The monoisotopic (exact) mass is 246 g/mol. The first-order valence-electron chi connectivity index (χ1n) is 5.59. The van der Waals surface area contributed by atoms with Crippen molar-refractivity contribution in [1.82, 2.24) is 5.43 Å². The number of hydrazone groups is 1. The average molecular weight is 246 g/mol. The van der Waals surface area contributed by atoms with Crippen LogP contribution in [0, 0.1) is 0 Å². The summed E-state index contributed by atoms with van der Waals surface area (Å²) in [6.45, 7) is 0. The zero-order chi connectivity index (χ0) is 13.0. The molecule has 0 unspecified atom stereocenters. The molecule has 0 aliphatic carbocycles. The van der Waals surface area contributed by atoms with Crippen molar-refractivity contribution in [3.8, 4) is 11.5 Å². The highest BCUT2D eigenvalue weighted by molar-refractivity contribution is 6.02. The molecular formula is C13H14N2O3. The highest BCUT2D eigenvalue weighted by atomic mass is 16.5. The van der Waals surface area contributed by atoms with Crippen LogP contribution in [0.3, 0.4) is 0 Å². The van der Waals surface area contributed by atoms with Gasteiger partial charge in [0.05, 0.1) is 12.8 Å². The van der Waals surface area contributed by atoms with Crippen molar-refractivity contribution in [3.05, 3.63) is 29.8 Å². The van der Waals surface area contributed by atoms with Gasteiger partial charge in [0.15, 0.2) is 11.5 Å². The average Bonchev–Trinajstić information content (AvgIpc) is 2.38. The number of ether oxygens (including phenoxy) is 1. The Balaban J connectivity index is 2.09. The van der Waals surface area contributed by atoms with Gasteiger partial charge in [0.2, 0.25) is 5.91 Å². The largest absolute Gasteiger partial charge is 0.504 e. The molecule has 0 saturated heterocycles. The van der Waals surface area contributed by atoms with Gasteiger partial charge in [-0.3, -0.25) is 4.79 Å². The second-order valence-corrected chi connectivity index (χ2v) is 3.90. The maximum atomic E-state index is 10.9. The number of carbonyl (C=O) groups is 1. The van der Waals surface area contributed by atoms with E-state index in [9.17, 15) is 9.90 Å². The number of nitrogens with one attached hydrogen (secondary N) is 1. The second kappa shape index (κ2) is 5.35. The lowest BCUT2D eigenvalue weighted by molar-refractivity contribution is -0.121. The third-order valence-electron chi connectivity index (χ3n) is 2.60. The Hall–Kier alpha value is -2.30. The van der Waals surface area contributed by atoms with Crippen LogP contribution in [0.4, 0.5) is 0 Å². The molecule has 0 saturated carbocycles. The lowest BCUT2D eigenvalue weighted by Crippen LogP contribution is -2.24. The lowest BCUT2D eigenvalue weighted by Gasteiger charge is -2.08.